The summed E-state index contributed by atoms with van der Waals surface area (Å²) in [5.41, 5.74) is 9.55. The van der Waals surface area contributed by atoms with Gasteiger partial charge < -0.3 is 24.8 Å². The Morgan fingerprint density at radius 1 is 1.08 bits per heavy atom. The van der Waals surface area contributed by atoms with Crippen molar-refractivity contribution in [3.8, 4) is 5.75 Å². The van der Waals surface area contributed by atoms with Crippen molar-refractivity contribution in [2.45, 2.75) is 110 Å². The molecule has 2 heterocycles. The summed E-state index contributed by atoms with van der Waals surface area (Å²) in [5, 5.41) is 0. The largest absolute Gasteiger partial charge is 0.487 e. The van der Waals surface area contributed by atoms with Crippen molar-refractivity contribution in [1.29, 1.82) is 0 Å². The lowest BCUT2D eigenvalue weighted by atomic mass is 9.97. The van der Waals surface area contributed by atoms with Gasteiger partial charge in [-0.1, -0.05) is 0 Å². The molecule has 1 saturated heterocycles. The third-order valence-electron chi connectivity index (χ3n) is 6.25. The Hall–Kier alpha value is -3.01. The van der Waals surface area contributed by atoms with Crippen molar-refractivity contribution in [2.75, 3.05) is 13.1 Å². The normalized spacial score (nSPS) is 21.4. The fraction of sp³-hybridized carbons (Fsp3) is 0.679. The van der Waals surface area contributed by atoms with Gasteiger partial charge in [0.15, 0.2) is 0 Å². The minimum Gasteiger partial charge on any atom is -0.487 e. The number of hydrogen-bond donors (Lipinski definition) is 2. The molecule has 0 bridgehead atoms. The molecule has 1 aromatic carbocycles. The second-order valence-corrected chi connectivity index (χ2v) is 12.0. The van der Waals surface area contributed by atoms with Gasteiger partial charge in [0.1, 0.15) is 35.0 Å². The van der Waals surface area contributed by atoms with Crippen LogP contribution in [0.3, 0.4) is 0 Å². The number of amidine groups is 1. The number of hydrogen-bond acceptors (Lipinski definition) is 7. The summed E-state index contributed by atoms with van der Waals surface area (Å²) < 4.78 is 16.9. The molecule has 10 heteroatoms. The molecular weight excluding hydrogens is 488 g/mol. The quantitative estimate of drug-likeness (QED) is 0.319. The number of amides is 2. The lowest BCUT2D eigenvalue weighted by Gasteiger charge is -2.30. The molecule has 10 nitrogen and oxygen atoms in total. The standard InChI is InChI=1S/C28H44N4O6/c1-18(38-31-25(33)36-27(2,3)4)22-12-10-19-17-20(11-13-23(19)35-22)24(29)30-21-9-8-15-32(16-14-21)26(34)37-28(5,6)7/h11,13,17-18,21-22H,8-10,12,14-16H2,1-7H3,(H2,29,30)(H,31,33). The lowest BCUT2D eigenvalue weighted by Crippen LogP contribution is -2.41. The van der Waals surface area contributed by atoms with Crippen molar-refractivity contribution in [2.24, 2.45) is 10.7 Å². The summed E-state index contributed by atoms with van der Waals surface area (Å²) in [6.07, 6.45) is 2.49. The maximum atomic E-state index is 12.4. The smallest absolute Gasteiger partial charge is 0.431 e. The predicted molar refractivity (Wildman–Crippen MR) is 145 cm³/mol. The van der Waals surface area contributed by atoms with Gasteiger partial charge >= 0.3 is 12.2 Å². The second-order valence-electron chi connectivity index (χ2n) is 12.0. The minimum atomic E-state index is -0.633. The van der Waals surface area contributed by atoms with E-state index in [1.54, 1.807) is 25.7 Å². The van der Waals surface area contributed by atoms with E-state index in [0.717, 1.165) is 49.0 Å². The molecule has 3 unspecified atom stereocenters. The fourth-order valence-electron chi connectivity index (χ4n) is 4.40. The molecule has 2 aliphatic rings. The van der Waals surface area contributed by atoms with Crippen molar-refractivity contribution in [1.82, 2.24) is 10.4 Å². The summed E-state index contributed by atoms with van der Waals surface area (Å²) in [4.78, 5) is 36.3. The van der Waals surface area contributed by atoms with Crippen molar-refractivity contribution >= 4 is 18.0 Å². The summed E-state index contributed by atoms with van der Waals surface area (Å²) in [5.74, 6) is 1.26. The first-order valence-corrected chi connectivity index (χ1v) is 13.5. The van der Waals surface area contributed by atoms with Gasteiger partial charge in [0.2, 0.25) is 0 Å². The van der Waals surface area contributed by atoms with Crippen molar-refractivity contribution in [3.05, 3.63) is 29.3 Å². The average Bonchev–Trinajstić information content (AvgIpc) is 3.05. The number of benzene rings is 1. The van der Waals surface area contributed by atoms with Crippen LogP contribution in [0.1, 0.15) is 85.3 Å². The van der Waals surface area contributed by atoms with Crippen LogP contribution in [0, 0.1) is 0 Å². The Bertz CT molecular complexity index is 1010. The molecule has 0 spiro atoms. The zero-order valence-corrected chi connectivity index (χ0v) is 23.8. The number of nitrogens with zero attached hydrogens (tertiary/aromatic N) is 2. The Morgan fingerprint density at radius 3 is 2.47 bits per heavy atom. The van der Waals surface area contributed by atoms with Gasteiger partial charge in [-0.25, -0.2) is 9.59 Å². The second kappa shape index (κ2) is 12.2. The number of aryl methyl sites for hydroxylation is 1. The minimum absolute atomic E-state index is 0.0505. The Labute approximate surface area is 226 Å². The highest BCUT2D eigenvalue weighted by Crippen LogP contribution is 2.30. The first kappa shape index (κ1) is 29.5. The van der Waals surface area contributed by atoms with E-state index < -0.39 is 17.3 Å². The van der Waals surface area contributed by atoms with E-state index in [9.17, 15) is 9.59 Å². The zero-order chi connectivity index (χ0) is 28.1. The SMILES string of the molecule is CC(ONC(=O)OC(C)(C)C)C1CCc2cc(C(N)=NC3CCCN(C(=O)OC(C)(C)C)CC3)ccc2O1. The number of rotatable bonds is 5. The van der Waals surface area contributed by atoms with Gasteiger partial charge in [0.25, 0.3) is 0 Å². The maximum Gasteiger partial charge on any atom is 0.431 e. The van der Waals surface area contributed by atoms with Gasteiger partial charge in [-0.15, -0.1) is 0 Å². The molecule has 1 aromatic rings. The monoisotopic (exact) mass is 532 g/mol. The number of likely N-dealkylation sites (tertiary alicyclic amines) is 1. The van der Waals surface area contributed by atoms with Crippen LogP contribution in [0.5, 0.6) is 5.75 Å². The molecule has 1 fully saturated rings. The van der Waals surface area contributed by atoms with Crippen molar-refractivity contribution < 1.29 is 28.6 Å². The molecule has 38 heavy (non-hydrogen) atoms. The number of carbonyl (C=O) groups is 2. The van der Waals surface area contributed by atoms with E-state index in [-0.39, 0.29) is 24.3 Å². The van der Waals surface area contributed by atoms with Gasteiger partial charge in [-0.05, 0) is 104 Å². The van der Waals surface area contributed by atoms with Gasteiger partial charge in [-0.2, -0.15) is 5.48 Å². The van der Waals surface area contributed by atoms with Crippen molar-refractivity contribution in [3.63, 3.8) is 0 Å². The Morgan fingerprint density at radius 2 is 1.79 bits per heavy atom. The number of fused-ring (bicyclic) bond motifs is 1. The molecule has 2 aliphatic heterocycles. The highest BCUT2D eigenvalue weighted by molar-refractivity contribution is 5.98. The third kappa shape index (κ3) is 9.08. The van der Waals surface area contributed by atoms with Crippen LogP contribution in [-0.4, -0.2) is 65.5 Å². The van der Waals surface area contributed by atoms with E-state index in [1.807, 2.05) is 45.9 Å². The molecule has 0 aliphatic carbocycles. The van der Waals surface area contributed by atoms with E-state index in [1.165, 1.54) is 0 Å². The molecule has 3 N–H and O–H groups in total. The Kier molecular flexibility index (Phi) is 9.51. The molecule has 0 aromatic heterocycles. The van der Waals surface area contributed by atoms with E-state index >= 15 is 0 Å². The molecule has 3 atom stereocenters. The molecule has 212 valence electrons. The van der Waals surface area contributed by atoms with Gasteiger partial charge in [0, 0.05) is 18.7 Å². The first-order chi connectivity index (χ1) is 17.7. The van der Waals surface area contributed by atoms with Gasteiger partial charge in [0.05, 0.1) is 6.04 Å². The molecule has 0 radical (unpaired) electrons. The number of carbonyl (C=O) groups excluding carboxylic acids is 2. The van der Waals surface area contributed by atoms with Crippen LogP contribution < -0.4 is 16.0 Å². The van der Waals surface area contributed by atoms with Crippen LogP contribution in [-0.2, 0) is 20.7 Å². The fourth-order valence-corrected chi connectivity index (χ4v) is 4.40. The van der Waals surface area contributed by atoms with Crippen LogP contribution in [0.25, 0.3) is 0 Å². The number of nitrogens with two attached hydrogens (primary N) is 1. The zero-order valence-electron chi connectivity index (χ0n) is 23.8. The molecule has 3 rings (SSSR count). The average molecular weight is 533 g/mol. The Balaban J connectivity index is 1.55. The van der Waals surface area contributed by atoms with Crippen LogP contribution in [0.2, 0.25) is 0 Å². The topological polar surface area (TPSA) is 125 Å². The number of aliphatic imine (C=N–C) groups is 1. The summed E-state index contributed by atoms with van der Waals surface area (Å²) in [7, 11) is 0. The summed E-state index contributed by atoms with van der Waals surface area (Å²) >= 11 is 0. The summed E-state index contributed by atoms with van der Waals surface area (Å²) in [6, 6.07) is 5.90. The van der Waals surface area contributed by atoms with Crippen LogP contribution in [0.15, 0.2) is 23.2 Å². The highest BCUT2D eigenvalue weighted by atomic mass is 16.7. The molecule has 0 saturated carbocycles. The predicted octanol–water partition coefficient (Wildman–Crippen LogP) is 4.72. The van der Waals surface area contributed by atoms with Crippen LogP contribution >= 0.6 is 0 Å². The summed E-state index contributed by atoms with van der Waals surface area (Å²) in [6.45, 7) is 14.1. The first-order valence-electron chi connectivity index (χ1n) is 13.5. The number of nitrogens with one attached hydrogen (secondary N) is 1. The van der Waals surface area contributed by atoms with Gasteiger partial charge in [-0.3, -0.25) is 9.83 Å². The maximum absolute atomic E-state index is 12.4. The van der Waals surface area contributed by atoms with Crippen LogP contribution in [0.4, 0.5) is 9.59 Å². The van der Waals surface area contributed by atoms with E-state index in [2.05, 4.69) is 5.48 Å². The number of hydroxylamine groups is 1. The highest BCUT2D eigenvalue weighted by Gasteiger charge is 2.28. The molecule has 2 amide bonds. The third-order valence-corrected chi connectivity index (χ3v) is 6.25. The van der Waals surface area contributed by atoms with E-state index in [4.69, 9.17) is 29.8 Å². The lowest BCUT2D eigenvalue weighted by molar-refractivity contribution is -0.0775. The van der Waals surface area contributed by atoms with E-state index in [0.29, 0.717) is 18.9 Å². The number of ether oxygens (including phenoxy) is 3. The molecular formula is C28H44N4O6.